The smallest absolute Gasteiger partial charge is 0.274 e. The zero-order valence-corrected chi connectivity index (χ0v) is 15.3. The molecule has 0 spiro atoms. The van der Waals surface area contributed by atoms with Crippen LogP contribution in [0, 0.1) is 5.82 Å². The molecule has 2 amide bonds. The predicted molar refractivity (Wildman–Crippen MR) is 99.1 cm³/mol. The molecule has 0 unspecified atom stereocenters. The third-order valence-corrected chi connectivity index (χ3v) is 3.75. The van der Waals surface area contributed by atoms with E-state index < -0.39 is 11.7 Å². The molecule has 26 heavy (non-hydrogen) atoms. The van der Waals surface area contributed by atoms with Gasteiger partial charge in [-0.3, -0.25) is 9.59 Å². The summed E-state index contributed by atoms with van der Waals surface area (Å²) in [4.78, 5) is 30.5. The number of rotatable bonds is 7. The molecular weight excluding hydrogens is 359 g/mol. The van der Waals surface area contributed by atoms with Gasteiger partial charge in [0.15, 0.2) is 0 Å². The number of benzene rings is 1. The molecule has 2 aromatic rings. The van der Waals surface area contributed by atoms with Crippen LogP contribution >= 0.6 is 11.6 Å². The summed E-state index contributed by atoms with van der Waals surface area (Å²) in [6, 6.07) is 8.45. The molecule has 1 heterocycles. The van der Waals surface area contributed by atoms with E-state index in [1.807, 2.05) is 19.0 Å². The van der Waals surface area contributed by atoms with Crippen molar-refractivity contribution < 1.29 is 14.0 Å². The number of amides is 2. The van der Waals surface area contributed by atoms with Gasteiger partial charge in [0, 0.05) is 12.2 Å². The topological polar surface area (TPSA) is 74.3 Å². The molecule has 1 aromatic heterocycles. The molecule has 0 radical (unpaired) electrons. The molecule has 6 nitrogen and oxygen atoms in total. The lowest BCUT2D eigenvalue weighted by Gasteiger charge is -2.10. The van der Waals surface area contributed by atoms with Crippen LogP contribution < -0.4 is 10.6 Å². The van der Waals surface area contributed by atoms with Crippen LogP contribution in [0.2, 0.25) is 5.02 Å². The largest absolute Gasteiger partial charge is 0.351 e. The van der Waals surface area contributed by atoms with E-state index in [-0.39, 0.29) is 22.3 Å². The number of carbonyl (C=O) groups excluding carboxylic acids is 2. The Morgan fingerprint density at radius 2 is 1.85 bits per heavy atom. The van der Waals surface area contributed by atoms with Gasteiger partial charge in [-0.1, -0.05) is 17.7 Å². The normalized spacial score (nSPS) is 10.7. The standard InChI is InChI=1S/C18H20ClFN4O2/c1-24(2)10-4-9-21-17(25)15-5-3-6-16(23-15)18(26)22-12-7-8-14(20)13(19)11-12/h3,5-8,11H,4,9-10H2,1-2H3,(H,21,25)(H,22,26). The lowest BCUT2D eigenvalue weighted by Crippen LogP contribution is -2.28. The molecule has 138 valence electrons. The van der Waals surface area contributed by atoms with Gasteiger partial charge >= 0.3 is 0 Å². The van der Waals surface area contributed by atoms with Crippen LogP contribution in [0.25, 0.3) is 0 Å². The zero-order valence-electron chi connectivity index (χ0n) is 14.6. The highest BCUT2D eigenvalue weighted by molar-refractivity contribution is 6.31. The van der Waals surface area contributed by atoms with E-state index in [1.54, 1.807) is 6.07 Å². The summed E-state index contributed by atoms with van der Waals surface area (Å²) in [6.45, 7) is 1.37. The first-order chi connectivity index (χ1) is 12.4. The van der Waals surface area contributed by atoms with Gasteiger partial charge in [-0.25, -0.2) is 9.37 Å². The second-order valence-electron chi connectivity index (χ2n) is 5.90. The van der Waals surface area contributed by atoms with Gasteiger partial charge in [-0.2, -0.15) is 0 Å². The van der Waals surface area contributed by atoms with Crippen molar-refractivity contribution in [1.82, 2.24) is 15.2 Å². The molecule has 0 saturated heterocycles. The minimum Gasteiger partial charge on any atom is -0.351 e. The van der Waals surface area contributed by atoms with Gasteiger partial charge in [0.1, 0.15) is 17.2 Å². The van der Waals surface area contributed by atoms with Crippen molar-refractivity contribution >= 4 is 29.1 Å². The Balaban J connectivity index is 1.99. The second kappa shape index (κ2) is 9.26. The number of hydrogen-bond donors (Lipinski definition) is 2. The molecular formula is C18H20ClFN4O2. The van der Waals surface area contributed by atoms with Crippen LogP contribution in [0.4, 0.5) is 10.1 Å². The first-order valence-electron chi connectivity index (χ1n) is 8.03. The Labute approximate surface area is 156 Å². The Hall–Kier alpha value is -2.51. The quantitative estimate of drug-likeness (QED) is 0.726. The molecule has 0 fully saturated rings. The van der Waals surface area contributed by atoms with Crippen molar-refractivity contribution in [2.24, 2.45) is 0 Å². The van der Waals surface area contributed by atoms with Crippen LogP contribution in [0.3, 0.4) is 0 Å². The number of nitrogens with one attached hydrogen (secondary N) is 2. The molecule has 0 saturated carbocycles. The van der Waals surface area contributed by atoms with Gasteiger partial charge in [-0.15, -0.1) is 0 Å². The summed E-state index contributed by atoms with van der Waals surface area (Å²) < 4.78 is 13.2. The molecule has 0 aliphatic carbocycles. The van der Waals surface area contributed by atoms with Gasteiger partial charge in [-0.05, 0) is 57.4 Å². The Morgan fingerprint density at radius 1 is 1.15 bits per heavy atom. The molecule has 0 aliphatic rings. The number of pyridine rings is 1. The Kier molecular flexibility index (Phi) is 7.06. The summed E-state index contributed by atoms with van der Waals surface area (Å²) in [7, 11) is 3.92. The van der Waals surface area contributed by atoms with Crippen LogP contribution in [0.15, 0.2) is 36.4 Å². The lowest BCUT2D eigenvalue weighted by atomic mass is 10.2. The van der Waals surface area contributed by atoms with E-state index in [2.05, 4.69) is 15.6 Å². The average molecular weight is 379 g/mol. The molecule has 2 N–H and O–H groups in total. The van der Waals surface area contributed by atoms with Gasteiger partial charge < -0.3 is 15.5 Å². The van der Waals surface area contributed by atoms with Crippen molar-refractivity contribution in [3.05, 3.63) is 58.6 Å². The number of carbonyl (C=O) groups is 2. The number of hydrogen-bond acceptors (Lipinski definition) is 4. The van der Waals surface area contributed by atoms with Crippen molar-refractivity contribution in [1.29, 1.82) is 0 Å². The average Bonchev–Trinajstić information content (AvgIpc) is 2.61. The minimum atomic E-state index is -0.573. The zero-order chi connectivity index (χ0) is 19.1. The monoisotopic (exact) mass is 378 g/mol. The van der Waals surface area contributed by atoms with E-state index in [9.17, 15) is 14.0 Å². The summed E-state index contributed by atoms with van der Waals surface area (Å²) in [5, 5.41) is 5.24. The highest BCUT2D eigenvalue weighted by Crippen LogP contribution is 2.19. The van der Waals surface area contributed by atoms with Crippen molar-refractivity contribution in [2.75, 3.05) is 32.5 Å². The fourth-order valence-corrected chi connectivity index (χ4v) is 2.32. The van der Waals surface area contributed by atoms with Gasteiger partial charge in [0.05, 0.1) is 5.02 Å². The van der Waals surface area contributed by atoms with Crippen molar-refractivity contribution in [3.8, 4) is 0 Å². The maximum absolute atomic E-state index is 13.2. The molecule has 0 bridgehead atoms. The highest BCUT2D eigenvalue weighted by Gasteiger charge is 2.13. The number of aromatic nitrogens is 1. The third-order valence-electron chi connectivity index (χ3n) is 3.46. The maximum Gasteiger partial charge on any atom is 0.274 e. The van der Waals surface area contributed by atoms with Crippen LogP contribution in [-0.4, -0.2) is 48.9 Å². The molecule has 1 aromatic carbocycles. The van der Waals surface area contributed by atoms with Gasteiger partial charge in [0.2, 0.25) is 0 Å². The van der Waals surface area contributed by atoms with Crippen LogP contribution in [-0.2, 0) is 0 Å². The predicted octanol–water partition coefficient (Wildman–Crippen LogP) is 2.81. The highest BCUT2D eigenvalue weighted by atomic mass is 35.5. The number of halogens is 2. The fourth-order valence-electron chi connectivity index (χ4n) is 2.14. The SMILES string of the molecule is CN(C)CCCNC(=O)c1cccc(C(=O)Nc2ccc(F)c(Cl)c2)n1. The lowest BCUT2D eigenvalue weighted by molar-refractivity contribution is 0.0947. The second-order valence-corrected chi connectivity index (χ2v) is 6.31. The van der Waals surface area contributed by atoms with E-state index >= 15 is 0 Å². The van der Waals surface area contributed by atoms with Gasteiger partial charge in [0.25, 0.3) is 11.8 Å². The first-order valence-corrected chi connectivity index (χ1v) is 8.41. The summed E-state index contributed by atoms with van der Waals surface area (Å²) in [5.41, 5.74) is 0.563. The fraction of sp³-hybridized carbons (Fsp3) is 0.278. The molecule has 0 atom stereocenters. The Morgan fingerprint density at radius 3 is 2.50 bits per heavy atom. The summed E-state index contributed by atoms with van der Waals surface area (Å²) in [5.74, 6) is -1.44. The third kappa shape index (κ3) is 5.79. The minimum absolute atomic E-state index is 0.0754. The molecule has 2 rings (SSSR count). The molecule has 0 aliphatic heterocycles. The van der Waals surface area contributed by atoms with E-state index in [4.69, 9.17) is 11.6 Å². The number of nitrogens with zero attached hydrogens (tertiary/aromatic N) is 2. The van der Waals surface area contributed by atoms with Crippen molar-refractivity contribution in [3.63, 3.8) is 0 Å². The van der Waals surface area contributed by atoms with E-state index in [0.717, 1.165) is 19.0 Å². The number of anilines is 1. The van der Waals surface area contributed by atoms with Crippen molar-refractivity contribution in [2.45, 2.75) is 6.42 Å². The van der Waals surface area contributed by atoms with E-state index in [1.165, 1.54) is 24.3 Å². The van der Waals surface area contributed by atoms with E-state index in [0.29, 0.717) is 12.2 Å². The first kappa shape index (κ1) is 19.8. The summed E-state index contributed by atoms with van der Waals surface area (Å²) >= 11 is 5.69. The Bertz CT molecular complexity index is 799. The maximum atomic E-state index is 13.2. The van der Waals surface area contributed by atoms with Crippen LogP contribution in [0.1, 0.15) is 27.4 Å². The molecule has 8 heteroatoms. The summed E-state index contributed by atoms with van der Waals surface area (Å²) in [6.07, 6.45) is 0.810. The van der Waals surface area contributed by atoms with Crippen LogP contribution in [0.5, 0.6) is 0 Å².